The topological polar surface area (TPSA) is 93.7 Å². The van der Waals surface area contributed by atoms with Gasteiger partial charge < -0.3 is 20.1 Å². The summed E-state index contributed by atoms with van der Waals surface area (Å²) in [4.78, 5) is 35.9. The van der Waals surface area contributed by atoms with Crippen molar-refractivity contribution in [3.05, 3.63) is 84.4 Å². The Balaban J connectivity index is 1.57. The van der Waals surface area contributed by atoms with Crippen LogP contribution >= 0.6 is 0 Å². The summed E-state index contributed by atoms with van der Waals surface area (Å²) in [5.74, 6) is -0.169. The van der Waals surface area contributed by atoms with Crippen molar-refractivity contribution < 1.29 is 23.9 Å². The average molecular weight is 418 g/mol. The van der Waals surface area contributed by atoms with E-state index in [1.807, 2.05) is 18.2 Å². The Morgan fingerprint density at radius 3 is 2.03 bits per heavy atom. The molecule has 1 atom stereocenters. The van der Waals surface area contributed by atoms with Crippen LogP contribution in [0.25, 0.3) is 0 Å². The number of nitrogens with one attached hydrogen (secondary N) is 2. The highest BCUT2D eigenvalue weighted by molar-refractivity contribution is 5.97. The van der Waals surface area contributed by atoms with Gasteiger partial charge in [-0.25, -0.2) is 4.79 Å². The second-order valence-corrected chi connectivity index (χ2v) is 6.74. The molecule has 0 saturated heterocycles. The Labute approximate surface area is 180 Å². The second kappa shape index (κ2) is 10.1. The van der Waals surface area contributed by atoms with Crippen LogP contribution in [0.5, 0.6) is 11.5 Å². The largest absolute Gasteiger partial charge is 0.457 e. The zero-order valence-electron chi connectivity index (χ0n) is 17.1. The Morgan fingerprint density at radius 2 is 1.39 bits per heavy atom. The zero-order valence-corrected chi connectivity index (χ0v) is 17.1. The predicted molar refractivity (Wildman–Crippen MR) is 117 cm³/mol. The lowest BCUT2D eigenvalue weighted by Crippen LogP contribution is -2.30. The molecule has 0 saturated carbocycles. The normalized spacial score (nSPS) is 11.2. The molecule has 0 aliphatic rings. The molecule has 31 heavy (non-hydrogen) atoms. The summed E-state index contributed by atoms with van der Waals surface area (Å²) in [6, 6.07) is 22.3. The summed E-state index contributed by atoms with van der Waals surface area (Å²) in [6.07, 6.45) is -1.01. The lowest BCUT2D eigenvalue weighted by Gasteiger charge is -2.14. The molecule has 1 unspecified atom stereocenters. The Hall–Kier alpha value is -4.13. The van der Waals surface area contributed by atoms with Crippen molar-refractivity contribution in [3.8, 4) is 11.5 Å². The molecule has 0 aromatic heterocycles. The molecule has 0 fully saturated rings. The fourth-order valence-corrected chi connectivity index (χ4v) is 2.68. The number of anilines is 2. The van der Waals surface area contributed by atoms with E-state index >= 15 is 0 Å². The number of rotatable bonds is 7. The van der Waals surface area contributed by atoms with Crippen LogP contribution in [0.2, 0.25) is 0 Å². The molecule has 0 bridgehead atoms. The van der Waals surface area contributed by atoms with E-state index in [9.17, 15) is 14.4 Å². The summed E-state index contributed by atoms with van der Waals surface area (Å²) in [7, 11) is 0. The van der Waals surface area contributed by atoms with Crippen molar-refractivity contribution in [1.82, 2.24) is 0 Å². The number of benzene rings is 3. The molecule has 7 nitrogen and oxygen atoms in total. The molecule has 0 radical (unpaired) electrons. The molecule has 2 amide bonds. The summed E-state index contributed by atoms with van der Waals surface area (Å²) >= 11 is 0. The first-order valence-electron chi connectivity index (χ1n) is 9.63. The summed E-state index contributed by atoms with van der Waals surface area (Å²) in [5, 5.41) is 5.31. The lowest BCUT2D eigenvalue weighted by molar-refractivity contribution is -0.123. The van der Waals surface area contributed by atoms with E-state index in [0.29, 0.717) is 22.9 Å². The van der Waals surface area contributed by atoms with Gasteiger partial charge in [0.1, 0.15) is 11.5 Å². The third-order valence-corrected chi connectivity index (χ3v) is 4.17. The molecular formula is C24H22N2O5. The Morgan fingerprint density at radius 1 is 0.774 bits per heavy atom. The number of carbonyl (C=O) groups is 3. The number of carbonyl (C=O) groups excluding carboxylic acids is 3. The Kier molecular flexibility index (Phi) is 7.01. The molecular weight excluding hydrogens is 396 g/mol. The maximum Gasteiger partial charge on any atom is 0.339 e. The maximum atomic E-state index is 12.5. The van der Waals surface area contributed by atoms with Gasteiger partial charge in [-0.2, -0.15) is 0 Å². The van der Waals surface area contributed by atoms with E-state index in [2.05, 4.69) is 10.6 Å². The number of para-hydroxylation sites is 1. The van der Waals surface area contributed by atoms with Crippen LogP contribution in [-0.4, -0.2) is 23.9 Å². The van der Waals surface area contributed by atoms with Gasteiger partial charge in [0.2, 0.25) is 5.91 Å². The molecule has 3 aromatic rings. The molecule has 2 N–H and O–H groups in total. The monoisotopic (exact) mass is 418 g/mol. The van der Waals surface area contributed by atoms with Crippen molar-refractivity contribution in [3.63, 3.8) is 0 Å². The van der Waals surface area contributed by atoms with Crippen LogP contribution in [0.3, 0.4) is 0 Å². The fraction of sp³-hybridized carbons (Fsp3) is 0.125. The van der Waals surface area contributed by atoms with Crippen LogP contribution in [-0.2, 0) is 14.3 Å². The van der Waals surface area contributed by atoms with Gasteiger partial charge in [-0.1, -0.05) is 24.3 Å². The van der Waals surface area contributed by atoms with Gasteiger partial charge in [0, 0.05) is 18.3 Å². The number of hydrogen-bond donors (Lipinski definition) is 2. The quantitative estimate of drug-likeness (QED) is 0.546. The van der Waals surface area contributed by atoms with Gasteiger partial charge in [-0.15, -0.1) is 0 Å². The number of esters is 1. The van der Waals surface area contributed by atoms with E-state index < -0.39 is 18.0 Å². The highest BCUT2D eigenvalue weighted by Crippen LogP contribution is 2.22. The van der Waals surface area contributed by atoms with Crippen LogP contribution in [0.15, 0.2) is 78.9 Å². The van der Waals surface area contributed by atoms with Crippen LogP contribution in [0, 0.1) is 0 Å². The van der Waals surface area contributed by atoms with Crippen molar-refractivity contribution >= 4 is 29.2 Å². The maximum absolute atomic E-state index is 12.5. The molecule has 7 heteroatoms. The van der Waals surface area contributed by atoms with E-state index in [4.69, 9.17) is 9.47 Å². The van der Waals surface area contributed by atoms with Crippen molar-refractivity contribution in [2.45, 2.75) is 20.0 Å². The zero-order chi connectivity index (χ0) is 22.2. The molecule has 3 aromatic carbocycles. The van der Waals surface area contributed by atoms with Crippen LogP contribution in [0.1, 0.15) is 24.2 Å². The first kappa shape index (κ1) is 21.6. The minimum Gasteiger partial charge on any atom is -0.457 e. The lowest BCUT2D eigenvalue weighted by atomic mass is 10.2. The highest BCUT2D eigenvalue weighted by atomic mass is 16.5. The van der Waals surface area contributed by atoms with E-state index in [1.165, 1.54) is 13.8 Å². The number of hydrogen-bond acceptors (Lipinski definition) is 5. The van der Waals surface area contributed by atoms with Crippen molar-refractivity contribution in [2.75, 3.05) is 10.6 Å². The van der Waals surface area contributed by atoms with Crippen molar-refractivity contribution in [1.29, 1.82) is 0 Å². The van der Waals surface area contributed by atoms with Gasteiger partial charge in [0.15, 0.2) is 6.10 Å². The van der Waals surface area contributed by atoms with E-state index in [1.54, 1.807) is 60.7 Å². The highest BCUT2D eigenvalue weighted by Gasteiger charge is 2.19. The fourth-order valence-electron chi connectivity index (χ4n) is 2.68. The first-order valence-corrected chi connectivity index (χ1v) is 9.63. The van der Waals surface area contributed by atoms with E-state index in [0.717, 1.165) is 0 Å². The van der Waals surface area contributed by atoms with Gasteiger partial charge in [0.25, 0.3) is 5.91 Å². The minimum absolute atomic E-state index is 0.185. The summed E-state index contributed by atoms with van der Waals surface area (Å²) in [5.41, 5.74) is 1.40. The summed E-state index contributed by atoms with van der Waals surface area (Å²) < 4.78 is 11.0. The van der Waals surface area contributed by atoms with Gasteiger partial charge in [-0.05, 0) is 61.5 Å². The molecule has 0 spiro atoms. The predicted octanol–water partition coefficient (Wildman–Crippen LogP) is 4.62. The molecule has 0 aliphatic carbocycles. The smallest absolute Gasteiger partial charge is 0.339 e. The third kappa shape index (κ3) is 6.43. The van der Waals surface area contributed by atoms with Gasteiger partial charge in [-0.3, -0.25) is 9.59 Å². The second-order valence-electron chi connectivity index (χ2n) is 6.74. The number of ether oxygens (including phenoxy) is 2. The minimum atomic E-state index is -1.01. The Bertz CT molecular complexity index is 1060. The average Bonchev–Trinajstić information content (AvgIpc) is 2.75. The SMILES string of the molecule is CC(=O)Nc1ccc(NC(=O)C(C)OC(=O)c2cccc(Oc3ccccc3)c2)cc1. The van der Waals surface area contributed by atoms with Gasteiger partial charge in [0.05, 0.1) is 5.56 Å². The van der Waals surface area contributed by atoms with Crippen LogP contribution < -0.4 is 15.4 Å². The van der Waals surface area contributed by atoms with E-state index in [-0.39, 0.29) is 11.5 Å². The number of amides is 2. The molecule has 158 valence electrons. The third-order valence-electron chi connectivity index (χ3n) is 4.17. The van der Waals surface area contributed by atoms with Gasteiger partial charge >= 0.3 is 5.97 Å². The van der Waals surface area contributed by atoms with Crippen molar-refractivity contribution in [2.24, 2.45) is 0 Å². The van der Waals surface area contributed by atoms with Crippen LogP contribution in [0.4, 0.5) is 11.4 Å². The first-order chi connectivity index (χ1) is 14.9. The molecule has 3 rings (SSSR count). The molecule has 0 aliphatic heterocycles. The summed E-state index contributed by atoms with van der Waals surface area (Å²) in [6.45, 7) is 2.90. The molecule has 0 heterocycles. The standard InChI is InChI=1S/C24H22N2O5/c1-16(23(28)26-20-13-11-19(12-14-20)25-17(2)27)30-24(29)18-7-6-10-22(15-18)31-21-8-4-3-5-9-21/h3-16H,1-2H3,(H,25,27)(H,26,28).